The van der Waals surface area contributed by atoms with E-state index in [0.717, 1.165) is 0 Å². The fourth-order valence-corrected chi connectivity index (χ4v) is 2.09. The van der Waals surface area contributed by atoms with E-state index in [1.54, 1.807) is 57.2 Å². The van der Waals surface area contributed by atoms with E-state index in [1.165, 1.54) is 6.26 Å². The van der Waals surface area contributed by atoms with E-state index in [0.29, 0.717) is 11.3 Å². The number of ether oxygens (including phenoxy) is 1. The normalized spacial score (nSPS) is 12.5. The first-order valence-electron chi connectivity index (χ1n) is 7.46. The Bertz CT molecular complexity index is 641. The van der Waals surface area contributed by atoms with Crippen molar-refractivity contribution in [2.24, 2.45) is 0 Å². The van der Waals surface area contributed by atoms with Crippen LogP contribution in [0.5, 0.6) is 0 Å². The van der Waals surface area contributed by atoms with Gasteiger partial charge in [-0.05, 0) is 32.9 Å². The Balaban J connectivity index is 2.10. The third-order valence-electron chi connectivity index (χ3n) is 3.06. The molecule has 0 aliphatic carbocycles. The molecule has 0 bridgehead atoms. The van der Waals surface area contributed by atoms with Crippen LogP contribution in [0.25, 0.3) is 0 Å². The summed E-state index contributed by atoms with van der Waals surface area (Å²) in [6.07, 6.45) is 1.02. The number of carbonyl (C=O) groups excluding carboxylic acids is 2. The number of rotatable bonds is 5. The maximum absolute atomic E-state index is 12.4. The van der Waals surface area contributed by atoms with Crippen LogP contribution in [0, 0.1) is 0 Å². The molecule has 0 aliphatic heterocycles. The molecule has 0 unspecified atom stereocenters. The maximum Gasteiger partial charge on any atom is 0.408 e. The van der Waals surface area contributed by atoms with Gasteiger partial charge in [0.2, 0.25) is 0 Å². The van der Waals surface area contributed by atoms with Gasteiger partial charge in [0, 0.05) is 12.0 Å². The van der Waals surface area contributed by atoms with E-state index >= 15 is 0 Å². The molecule has 0 radical (unpaired) electrons. The standard InChI is InChI=1S/C18H21NO4/c1-18(2,3)23-17(21)19-14(16-10-7-11-22-16)12-15(20)13-8-5-4-6-9-13/h4-11,14H,12H2,1-3H3,(H,19,21)/t14-/m1/s1. The lowest BCUT2D eigenvalue weighted by Crippen LogP contribution is -2.35. The Morgan fingerprint density at radius 1 is 1.13 bits per heavy atom. The van der Waals surface area contributed by atoms with Crippen molar-refractivity contribution in [3.05, 3.63) is 60.1 Å². The van der Waals surface area contributed by atoms with E-state index < -0.39 is 17.7 Å². The molecular formula is C18H21NO4. The van der Waals surface area contributed by atoms with Crippen LogP contribution in [0.3, 0.4) is 0 Å². The van der Waals surface area contributed by atoms with Gasteiger partial charge >= 0.3 is 6.09 Å². The molecule has 23 heavy (non-hydrogen) atoms. The van der Waals surface area contributed by atoms with Crippen LogP contribution in [0.15, 0.2) is 53.1 Å². The smallest absolute Gasteiger partial charge is 0.408 e. The van der Waals surface area contributed by atoms with Crippen LogP contribution >= 0.6 is 0 Å². The zero-order chi connectivity index (χ0) is 16.9. The second-order valence-electron chi connectivity index (χ2n) is 6.21. The van der Waals surface area contributed by atoms with Crippen LogP contribution in [0.4, 0.5) is 4.79 Å². The molecule has 1 heterocycles. The van der Waals surface area contributed by atoms with Crippen LogP contribution in [-0.2, 0) is 4.74 Å². The van der Waals surface area contributed by atoms with Crippen LogP contribution in [0.1, 0.15) is 49.4 Å². The average Bonchev–Trinajstić information content (AvgIpc) is 2.99. The summed E-state index contributed by atoms with van der Waals surface area (Å²) in [5, 5.41) is 2.70. The highest BCUT2D eigenvalue weighted by atomic mass is 16.6. The molecule has 0 saturated carbocycles. The van der Waals surface area contributed by atoms with E-state index in [4.69, 9.17) is 9.15 Å². The summed E-state index contributed by atoms with van der Waals surface area (Å²) >= 11 is 0. The first kappa shape index (κ1) is 16.8. The van der Waals surface area contributed by atoms with Crippen molar-refractivity contribution < 1.29 is 18.7 Å². The largest absolute Gasteiger partial charge is 0.467 e. The quantitative estimate of drug-likeness (QED) is 0.843. The van der Waals surface area contributed by atoms with E-state index in [9.17, 15) is 9.59 Å². The first-order valence-corrected chi connectivity index (χ1v) is 7.46. The zero-order valence-corrected chi connectivity index (χ0v) is 13.5. The van der Waals surface area contributed by atoms with Crippen LogP contribution in [0.2, 0.25) is 0 Å². The minimum Gasteiger partial charge on any atom is -0.467 e. The number of furan rings is 1. The Morgan fingerprint density at radius 2 is 1.83 bits per heavy atom. The van der Waals surface area contributed by atoms with Crippen molar-refractivity contribution in [1.29, 1.82) is 0 Å². The summed E-state index contributed by atoms with van der Waals surface area (Å²) in [7, 11) is 0. The molecule has 0 aliphatic rings. The molecule has 1 atom stereocenters. The highest BCUT2D eigenvalue weighted by molar-refractivity contribution is 5.96. The average molecular weight is 315 g/mol. The summed E-state index contributed by atoms with van der Waals surface area (Å²) in [5.74, 6) is 0.434. The van der Waals surface area contributed by atoms with Gasteiger partial charge in [-0.2, -0.15) is 0 Å². The van der Waals surface area contributed by atoms with Gasteiger partial charge in [0.15, 0.2) is 5.78 Å². The lowest BCUT2D eigenvalue weighted by atomic mass is 10.0. The Labute approximate surface area is 135 Å². The third kappa shape index (κ3) is 5.29. The zero-order valence-electron chi connectivity index (χ0n) is 13.5. The number of hydrogen-bond acceptors (Lipinski definition) is 4. The van der Waals surface area contributed by atoms with Crippen molar-refractivity contribution in [3.8, 4) is 0 Å². The highest BCUT2D eigenvalue weighted by Crippen LogP contribution is 2.21. The van der Waals surface area contributed by atoms with Gasteiger partial charge in [-0.3, -0.25) is 4.79 Å². The topological polar surface area (TPSA) is 68.5 Å². The van der Waals surface area contributed by atoms with E-state index in [2.05, 4.69) is 5.32 Å². The molecule has 1 N–H and O–H groups in total. The molecule has 2 aromatic rings. The summed E-state index contributed by atoms with van der Waals surface area (Å²) in [6.45, 7) is 5.34. The second kappa shape index (κ2) is 7.13. The minimum absolute atomic E-state index is 0.0805. The van der Waals surface area contributed by atoms with Crippen molar-refractivity contribution >= 4 is 11.9 Å². The van der Waals surface area contributed by atoms with Gasteiger partial charge in [0.1, 0.15) is 11.4 Å². The number of alkyl carbamates (subject to hydrolysis) is 1. The second-order valence-corrected chi connectivity index (χ2v) is 6.21. The predicted octanol–water partition coefficient (Wildman–Crippen LogP) is 4.12. The molecular weight excluding hydrogens is 294 g/mol. The first-order chi connectivity index (χ1) is 10.8. The van der Waals surface area contributed by atoms with Gasteiger partial charge in [0.05, 0.1) is 12.3 Å². The van der Waals surface area contributed by atoms with Gasteiger partial charge < -0.3 is 14.5 Å². The van der Waals surface area contributed by atoms with Crippen LogP contribution < -0.4 is 5.32 Å². The van der Waals surface area contributed by atoms with Gasteiger partial charge in [-0.1, -0.05) is 30.3 Å². The fourth-order valence-electron chi connectivity index (χ4n) is 2.09. The van der Waals surface area contributed by atoms with Gasteiger partial charge in [-0.25, -0.2) is 4.79 Å². The van der Waals surface area contributed by atoms with Gasteiger partial charge in [0.25, 0.3) is 0 Å². The third-order valence-corrected chi connectivity index (χ3v) is 3.06. The van der Waals surface area contributed by atoms with Gasteiger partial charge in [-0.15, -0.1) is 0 Å². The van der Waals surface area contributed by atoms with Crippen molar-refractivity contribution in [1.82, 2.24) is 5.32 Å². The molecule has 1 aromatic carbocycles. The molecule has 1 amide bonds. The van der Waals surface area contributed by atoms with Crippen molar-refractivity contribution in [2.45, 2.75) is 38.8 Å². The predicted molar refractivity (Wildman–Crippen MR) is 86.2 cm³/mol. The monoisotopic (exact) mass is 315 g/mol. The molecule has 2 rings (SSSR count). The summed E-state index contributed by atoms with van der Waals surface area (Å²) < 4.78 is 10.6. The Morgan fingerprint density at radius 3 is 2.39 bits per heavy atom. The maximum atomic E-state index is 12.4. The molecule has 5 nitrogen and oxygen atoms in total. The fraction of sp³-hybridized carbons (Fsp3) is 0.333. The molecule has 0 fully saturated rings. The Kier molecular flexibility index (Phi) is 5.21. The molecule has 122 valence electrons. The van der Waals surface area contributed by atoms with E-state index in [1.807, 2.05) is 6.07 Å². The number of nitrogens with one attached hydrogen (secondary N) is 1. The Hall–Kier alpha value is -2.56. The number of amides is 1. The molecule has 5 heteroatoms. The van der Waals surface area contributed by atoms with Crippen molar-refractivity contribution in [3.63, 3.8) is 0 Å². The molecule has 0 saturated heterocycles. The number of Topliss-reactive ketones (excluding diaryl/α,β-unsaturated/α-hetero) is 1. The number of benzene rings is 1. The van der Waals surface area contributed by atoms with Crippen LogP contribution in [-0.4, -0.2) is 17.5 Å². The highest BCUT2D eigenvalue weighted by Gasteiger charge is 2.24. The SMILES string of the molecule is CC(C)(C)OC(=O)N[C@H](CC(=O)c1ccccc1)c1ccco1. The number of ketones is 1. The summed E-state index contributed by atoms with van der Waals surface area (Å²) in [4.78, 5) is 24.4. The van der Waals surface area contributed by atoms with E-state index in [-0.39, 0.29) is 12.2 Å². The summed E-state index contributed by atoms with van der Waals surface area (Å²) in [5.41, 5.74) is -0.0173. The molecule has 1 aromatic heterocycles. The lowest BCUT2D eigenvalue weighted by molar-refractivity contribution is 0.0494. The lowest BCUT2D eigenvalue weighted by Gasteiger charge is -2.22. The summed E-state index contributed by atoms with van der Waals surface area (Å²) in [6, 6.07) is 11.8. The van der Waals surface area contributed by atoms with Crippen molar-refractivity contribution in [2.75, 3.05) is 0 Å². The number of carbonyl (C=O) groups is 2. The molecule has 0 spiro atoms. The minimum atomic E-state index is -0.610. The number of hydrogen-bond donors (Lipinski definition) is 1.